The first-order chi connectivity index (χ1) is 8.19. The van der Waals surface area contributed by atoms with Crippen molar-refractivity contribution in [3.05, 3.63) is 58.0 Å². The van der Waals surface area contributed by atoms with Gasteiger partial charge in [0.1, 0.15) is 0 Å². The van der Waals surface area contributed by atoms with Crippen molar-refractivity contribution in [1.29, 1.82) is 5.39 Å². The lowest BCUT2D eigenvalue weighted by molar-refractivity contribution is 1.36. The molecule has 17 heavy (non-hydrogen) atoms. The third-order valence-corrected chi connectivity index (χ3v) is 3.79. The highest BCUT2D eigenvalue weighted by atomic mass is 35.5. The Bertz CT molecular complexity index is 573. The van der Waals surface area contributed by atoms with E-state index in [0.717, 1.165) is 9.79 Å². The maximum Gasteiger partial charge on any atom is 0.386 e. The zero-order valence-corrected chi connectivity index (χ0v) is 10.8. The highest BCUT2D eigenvalue weighted by Gasteiger charge is 2.09. The lowest BCUT2D eigenvalue weighted by Gasteiger charge is -2.03. The van der Waals surface area contributed by atoms with Gasteiger partial charge >= 0.3 is 5.69 Å². The van der Waals surface area contributed by atoms with Crippen LogP contribution in [0.2, 0.25) is 5.02 Å². The SMILES string of the molecule is Cc1ccc(Sc2ccc([N+]#N)cc2Cl)cc1. The van der Waals surface area contributed by atoms with Gasteiger partial charge in [-0.25, -0.2) is 0 Å². The summed E-state index contributed by atoms with van der Waals surface area (Å²) in [6.45, 7) is 2.05. The van der Waals surface area contributed by atoms with Gasteiger partial charge in [0.2, 0.25) is 5.39 Å². The van der Waals surface area contributed by atoms with Crippen molar-refractivity contribution in [2.45, 2.75) is 16.7 Å². The normalized spacial score (nSPS) is 9.94. The van der Waals surface area contributed by atoms with Crippen LogP contribution in [0.1, 0.15) is 5.56 Å². The van der Waals surface area contributed by atoms with Crippen molar-refractivity contribution >= 4 is 29.1 Å². The molecule has 84 valence electrons. The van der Waals surface area contributed by atoms with Crippen molar-refractivity contribution < 1.29 is 0 Å². The Hall–Kier alpha value is -1.50. The fourth-order valence-corrected chi connectivity index (χ4v) is 2.48. The predicted octanol–water partition coefficient (Wildman–Crippen LogP) is 5.28. The number of aryl methyl sites for hydroxylation is 1. The number of nitrogens with zero attached hydrogens (tertiary/aromatic N) is 2. The predicted molar refractivity (Wildman–Crippen MR) is 71.5 cm³/mol. The fourth-order valence-electron chi connectivity index (χ4n) is 1.37. The molecule has 2 rings (SSSR count). The summed E-state index contributed by atoms with van der Waals surface area (Å²) in [5.41, 5.74) is 1.69. The number of hydrogen-bond acceptors (Lipinski definition) is 2. The van der Waals surface area contributed by atoms with Crippen molar-refractivity contribution in [3.8, 4) is 0 Å². The van der Waals surface area contributed by atoms with E-state index in [2.05, 4.69) is 36.2 Å². The number of diazo groups is 1. The third kappa shape index (κ3) is 3.00. The molecular weight excluding hydrogens is 252 g/mol. The molecule has 0 amide bonds. The van der Waals surface area contributed by atoms with Crippen molar-refractivity contribution in [2.75, 3.05) is 0 Å². The summed E-state index contributed by atoms with van der Waals surface area (Å²) in [7, 11) is 0. The van der Waals surface area contributed by atoms with E-state index in [0.29, 0.717) is 10.7 Å². The van der Waals surface area contributed by atoms with Gasteiger partial charge < -0.3 is 0 Å². The lowest BCUT2D eigenvalue weighted by atomic mass is 10.2. The molecule has 2 aromatic carbocycles. The summed E-state index contributed by atoms with van der Waals surface area (Å²) in [5.74, 6) is 0. The molecule has 0 heterocycles. The second kappa shape index (κ2) is 5.22. The first-order valence-corrected chi connectivity index (χ1v) is 6.27. The number of halogens is 1. The molecule has 0 saturated heterocycles. The first kappa shape index (κ1) is 12.0. The summed E-state index contributed by atoms with van der Waals surface area (Å²) in [5, 5.41) is 9.22. The maximum absolute atomic E-state index is 8.63. The summed E-state index contributed by atoms with van der Waals surface area (Å²) < 4.78 is 0. The van der Waals surface area contributed by atoms with Gasteiger partial charge in [0, 0.05) is 15.9 Å². The number of rotatable bonds is 2. The van der Waals surface area contributed by atoms with Gasteiger partial charge in [0.25, 0.3) is 0 Å². The molecule has 0 unspecified atom stereocenters. The van der Waals surface area contributed by atoms with E-state index < -0.39 is 0 Å². The minimum absolute atomic E-state index is 0.461. The average Bonchev–Trinajstić information content (AvgIpc) is 2.34. The average molecular weight is 262 g/mol. The lowest BCUT2D eigenvalue weighted by Crippen LogP contribution is -1.76. The quantitative estimate of drug-likeness (QED) is 0.688. The Balaban J connectivity index is 2.25. The molecule has 0 N–H and O–H groups in total. The summed E-state index contributed by atoms with van der Waals surface area (Å²) in [6, 6.07) is 13.4. The molecule has 0 radical (unpaired) electrons. The molecular formula is C13H10ClN2S+. The molecule has 0 saturated carbocycles. The monoisotopic (exact) mass is 261 g/mol. The van der Waals surface area contributed by atoms with Gasteiger partial charge in [0.05, 0.1) is 11.1 Å². The standard InChI is InChI=1S/C13H10ClN2S/c1-9-2-5-11(6-3-9)17-13-7-4-10(16-15)8-12(13)14/h2-8H,1H3/q+1. The molecule has 2 nitrogen and oxygen atoms in total. The van der Waals surface area contributed by atoms with Gasteiger partial charge in [-0.15, -0.1) is 0 Å². The van der Waals surface area contributed by atoms with E-state index in [4.69, 9.17) is 17.0 Å². The molecule has 0 atom stereocenters. The summed E-state index contributed by atoms with van der Waals surface area (Å²) in [6.07, 6.45) is 0. The third-order valence-electron chi connectivity index (χ3n) is 2.28. The number of benzene rings is 2. The molecule has 0 aliphatic rings. The van der Waals surface area contributed by atoms with Crippen LogP contribution in [0.5, 0.6) is 0 Å². The Morgan fingerprint density at radius 3 is 2.41 bits per heavy atom. The molecule has 0 fully saturated rings. The molecule has 0 aromatic heterocycles. The van der Waals surface area contributed by atoms with Crippen LogP contribution < -0.4 is 0 Å². The van der Waals surface area contributed by atoms with E-state index in [-0.39, 0.29) is 0 Å². The van der Waals surface area contributed by atoms with Gasteiger partial charge in [-0.2, -0.15) is 0 Å². The molecule has 2 aromatic rings. The molecule has 0 aliphatic heterocycles. The van der Waals surface area contributed by atoms with Gasteiger partial charge in [0.15, 0.2) is 4.98 Å². The largest absolute Gasteiger partial charge is 0.386 e. The van der Waals surface area contributed by atoms with Gasteiger partial charge in [-0.05, 0) is 25.1 Å². The first-order valence-electron chi connectivity index (χ1n) is 5.08. The van der Waals surface area contributed by atoms with E-state index in [9.17, 15) is 0 Å². The molecule has 4 heteroatoms. The van der Waals surface area contributed by atoms with Crippen molar-refractivity contribution in [1.82, 2.24) is 0 Å². The summed E-state index contributed by atoms with van der Waals surface area (Å²) in [4.78, 5) is 5.18. The van der Waals surface area contributed by atoms with Crippen LogP contribution in [0.25, 0.3) is 4.98 Å². The summed E-state index contributed by atoms with van der Waals surface area (Å²) >= 11 is 7.68. The van der Waals surface area contributed by atoms with Crippen LogP contribution in [0.3, 0.4) is 0 Å². The van der Waals surface area contributed by atoms with Crippen molar-refractivity contribution in [2.24, 2.45) is 0 Å². The molecule has 0 bridgehead atoms. The van der Waals surface area contributed by atoms with Crippen LogP contribution in [0, 0.1) is 12.3 Å². The van der Waals surface area contributed by atoms with Crippen LogP contribution in [0.4, 0.5) is 5.69 Å². The van der Waals surface area contributed by atoms with Gasteiger partial charge in [-0.3, -0.25) is 0 Å². The Morgan fingerprint density at radius 1 is 1.12 bits per heavy atom. The fraction of sp³-hybridized carbons (Fsp3) is 0.0769. The number of hydrogen-bond donors (Lipinski definition) is 0. The van der Waals surface area contributed by atoms with Crippen LogP contribution in [0.15, 0.2) is 52.3 Å². The molecule has 0 aliphatic carbocycles. The van der Waals surface area contributed by atoms with Crippen LogP contribution in [-0.2, 0) is 0 Å². The van der Waals surface area contributed by atoms with E-state index >= 15 is 0 Å². The molecule has 0 spiro atoms. The van der Waals surface area contributed by atoms with Crippen molar-refractivity contribution in [3.63, 3.8) is 0 Å². The smallest absolute Gasteiger partial charge is 0.0885 e. The maximum atomic E-state index is 8.63. The van der Waals surface area contributed by atoms with E-state index in [1.807, 2.05) is 6.07 Å². The van der Waals surface area contributed by atoms with E-state index in [1.165, 1.54) is 5.56 Å². The highest BCUT2D eigenvalue weighted by molar-refractivity contribution is 7.99. The Kier molecular flexibility index (Phi) is 3.68. The topological polar surface area (TPSA) is 28.1 Å². The zero-order chi connectivity index (χ0) is 12.3. The van der Waals surface area contributed by atoms with E-state index in [1.54, 1.807) is 23.9 Å². The highest BCUT2D eigenvalue weighted by Crippen LogP contribution is 2.35. The minimum Gasteiger partial charge on any atom is -0.0885 e. The second-order valence-corrected chi connectivity index (χ2v) is 5.15. The van der Waals surface area contributed by atoms with Crippen LogP contribution in [-0.4, -0.2) is 0 Å². The Labute approximate surface area is 109 Å². The zero-order valence-electron chi connectivity index (χ0n) is 9.22. The second-order valence-electron chi connectivity index (χ2n) is 3.63. The van der Waals surface area contributed by atoms with Crippen LogP contribution >= 0.6 is 23.4 Å². The minimum atomic E-state index is 0.461. The Morgan fingerprint density at radius 2 is 1.82 bits per heavy atom. The van der Waals surface area contributed by atoms with Gasteiger partial charge in [-0.1, -0.05) is 41.1 Å².